The Labute approximate surface area is 92.0 Å². The van der Waals surface area contributed by atoms with Crippen LogP contribution in [0, 0.1) is 0 Å². The van der Waals surface area contributed by atoms with Gasteiger partial charge in [0, 0.05) is 16.2 Å². The molecule has 0 aliphatic carbocycles. The van der Waals surface area contributed by atoms with E-state index in [1.54, 1.807) is 0 Å². The van der Waals surface area contributed by atoms with Crippen LogP contribution in [0.5, 0.6) is 0 Å². The molecule has 1 nitrogen and oxygen atoms in total. The fraction of sp³-hybridized carbons (Fsp3) is 0.222. The summed E-state index contributed by atoms with van der Waals surface area (Å²) in [5.41, 5.74) is -1.33. The molecule has 0 N–H and O–H groups in total. The van der Waals surface area contributed by atoms with Crippen LogP contribution in [0.4, 0.5) is 17.6 Å². The summed E-state index contributed by atoms with van der Waals surface area (Å²) in [6, 6.07) is 1.03. The van der Waals surface area contributed by atoms with Gasteiger partial charge in [-0.3, -0.25) is 4.98 Å². The third-order valence-corrected chi connectivity index (χ3v) is 2.44. The van der Waals surface area contributed by atoms with Gasteiger partial charge in [-0.25, -0.2) is 4.39 Å². The van der Waals surface area contributed by atoms with Crippen LogP contribution in [0.2, 0.25) is 0 Å². The maximum atomic E-state index is 12.4. The Balaban J connectivity index is 3.12. The van der Waals surface area contributed by atoms with Gasteiger partial charge in [-0.1, -0.05) is 6.58 Å². The quantitative estimate of drug-likeness (QED) is 0.751. The molecular weight excluding hydrogens is 278 g/mol. The molecule has 82 valence electrons. The first-order valence-electron chi connectivity index (χ1n) is 3.83. The number of alkyl halides is 4. The van der Waals surface area contributed by atoms with Gasteiger partial charge in [-0.05, 0) is 22.0 Å². The van der Waals surface area contributed by atoms with Crippen molar-refractivity contribution in [3.05, 3.63) is 34.6 Å². The van der Waals surface area contributed by atoms with E-state index < -0.39 is 18.4 Å². The largest absolute Gasteiger partial charge is 0.417 e. The van der Waals surface area contributed by atoms with Gasteiger partial charge in [0.25, 0.3) is 0 Å². The van der Waals surface area contributed by atoms with Crippen molar-refractivity contribution in [2.45, 2.75) is 12.9 Å². The number of hydrogen-bond acceptors (Lipinski definition) is 1. The molecule has 1 aromatic rings. The first kappa shape index (κ1) is 12.2. The van der Waals surface area contributed by atoms with Gasteiger partial charge in [0.15, 0.2) is 0 Å². The monoisotopic (exact) mass is 283 g/mol. The summed E-state index contributed by atoms with van der Waals surface area (Å²) in [7, 11) is 0. The zero-order valence-corrected chi connectivity index (χ0v) is 8.99. The molecule has 0 aliphatic heterocycles. The molecule has 0 spiro atoms. The smallest absolute Gasteiger partial charge is 0.255 e. The highest BCUT2D eigenvalue weighted by Gasteiger charge is 2.33. The normalized spacial score (nSPS) is 11.5. The molecule has 0 aliphatic rings. The molecule has 0 saturated heterocycles. The number of allylic oxidation sites excluding steroid dienone is 1. The molecule has 1 heterocycles. The minimum Gasteiger partial charge on any atom is -0.255 e. The molecule has 6 heteroatoms. The van der Waals surface area contributed by atoms with Crippen LogP contribution in [0.1, 0.15) is 11.3 Å². The highest BCUT2D eigenvalue weighted by Crippen LogP contribution is 2.32. The van der Waals surface area contributed by atoms with Crippen molar-refractivity contribution in [1.82, 2.24) is 4.98 Å². The first-order chi connectivity index (χ1) is 6.86. The van der Waals surface area contributed by atoms with Crippen molar-refractivity contribution in [2.75, 3.05) is 0 Å². The van der Waals surface area contributed by atoms with Crippen molar-refractivity contribution >= 4 is 21.5 Å². The predicted molar refractivity (Wildman–Crippen MR) is 51.8 cm³/mol. The molecule has 1 rings (SSSR count). The van der Waals surface area contributed by atoms with Crippen LogP contribution >= 0.6 is 15.9 Å². The summed E-state index contributed by atoms with van der Waals surface area (Å²) in [5.74, 6) is 0. The van der Waals surface area contributed by atoms with Crippen LogP contribution < -0.4 is 0 Å². The Bertz CT molecular complexity index is 386. The molecule has 0 bridgehead atoms. The Kier molecular flexibility index (Phi) is 3.49. The van der Waals surface area contributed by atoms with E-state index >= 15 is 0 Å². The second kappa shape index (κ2) is 4.30. The summed E-state index contributed by atoms with van der Waals surface area (Å²) < 4.78 is 49.4. The number of nitrogens with zero attached hydrogens (tertiary/aromatic N) is 1. The lowest BCUT2D eigenvalue weighted by Crippen LogP contribution is -2.11. The van der Waals surface area contributed by atoms with E-state index in [0.29, 0.717) is 4.47 Å². The van der Waals surface area contributed by atoms with Crippen molar-refractivity contribution in [1.29, 1.82) is 0 Å². The molecule has 0 radical (unpaired) electrons. The highest BCUT2D eigenvalue weighted by atomic mass is 79.9. The van der Waals surface area contributed by atoms with Crippen molar-refractivity contribution < 1.29 is 17.6 Å². The molecule has 0 unspecified atom stereocenters. The lowest BCUT2D eigenvalue weighted by molar-refractivity contribution is -0.0689. The van der Waals surface area contributed by atoms with E-state index in [1.807, 2.05) is 0 Å². The lowest BCUT2D eigenvalue weighted by Gasteiger charge is -2.10. The minimum atomic E-state index is -4.55. The Morgan fingerprint density at radius 3 is 2.53 bits per heavy atom. The van der Waals surface area contributed by atoms with E-state index in [2.05, 4.69) is 27.5 Å². The number of aromatic nitrogens is 1. The van der Waals surface area contributed by atoms with Gasteiger partial charge >= 0.3 is 6.18 Å². The third-order valence-electron chi connectivity index (χ3n) is 1.73. The van der Waals surface area contributed by atoms with Gasteiger partial charge < -0.3 is 0 Å². The minimum absolute atomic E-state index is 0.116. The van der Waals surface area contributed by atoms with Crippen LogP contribution in [-0.4, -0.2) is 11.2 Å². The van der Waals surface area contributed by atoms with Crippen molar-refractivity contribution in [3.8, 4) is 0 Å². The fourth-order valence-corrected chi connectivity index (χ4v) is 1.22. The topological polar surface area (TPSA) is 12.9 Å². The highest BCUT2D eigenvalue weighted by molar-refractivity contribution is 9.10. The van der Waals surface area contributed by atoms with E-state index in [9.17, 15) is 17.6 Å². The van der Waals surface area contributed by atoms with Crippen LogP contribution in [0.3, 0.4) is 0 Å². The van der Waals surface area contributed by atoms with E-state index in [1.165, 1.54) is 0 Å². The molecule has 0 atom stereocenters. The predicted octanol–water partition coefficient (Wildman–Crippen LogP) is 3.89. The third kappa shape index (κ3) is 2.77. The molecule has 0 amide bonds. The molecule has 0 saturated carbocycles. The number of hydrogen-bond donors (Lipinski definition) is 0. The summed E-state index contributed by atoms with van der Waals surface area (Å²) in [5, 5.41) is 0. The maximum Gasteiger partial charge on any atom is 0.417 e. The molecule has 15 heavy (non-hydrogen) atoms. The van der Waals surface area contributed by atoms with Gasteiger partial charge in [-0.15, -0.1) is 0 Å². The van der Waals surface area contributed by atoms with Crippen LogP contribution in [-0.2, 0) is 6.67 Å². The summed E-state index contributed by atoms with van der Waals surface area (Å²) >= 11 is 2.98. The summed E-state index contributed by atoms with van der Waals surface area (Å²) in [6.07, 6.45) is -3.42. The second-order valence-corrected chi connectivity index (χ2v) is 3.63. The summed E-state index contributed by atoms with van der Waals surface area (Å²) in [4.78, 5) is 3.52. The van der Waals surface area contributed by atoms with E-state index in [0.717, 1.165) is 12.3 Å². The zero-order valence-electron chi connectivity index (χ0n) is 7.41. The van der Waals surface area contributed by atoms with Crippen molar-refractivity contribution in [3.63, 3.8) is 0 Å². The Hall–Kier alpha value is -0.910. The molecule has 1 aromatic heterocycles. The maximum absolute atomic E-state index is 12.4. The van der Waals surface area contributed by atoms with E-state index in [4.69, 9.17) is 0 Å². The van der Waals surface area contributed by atoms with Crippen LogP contribution in [0.15, 0.2) is 23.3 Å². The number of halogens is 5. The second-order valence-electron chi connectivity index (χ2n) is 2.77. The molecular formula is C9H6BrF4N. The number of rotatable bonds is 2. The van der Waals surface area contributed by atoms with Gasteiger partial charge in [0.2, 0.25) is 0 Å². The zero-order chi connectivity index (χ0) is 11.6. The Morgan fingerprint density at radius 1 is 1.47 bits per heavy atom. The molecule has 0 aromatic carbocycles. The molecule has 0 fully saturated rings. The first-order valence-corrected chi connectivity index (χ1v) is 4.62. The van der Waals surface area contributed by atoms with Crippen LogP contribution in [0.25, 0.3) is 5.57 Å². The van der Waals surface area contributed by atoms with Crippen molar-refractivity contribution in [2.24, 2.45) is 0 Å². The number of pyridine rings is 1. The average molecular weight is 284 g/mol. The summed E-state index contributed by atoms with van der Waals surface area (Å²) in [6.45, 7) is 2.02. The lowest BCUT2D eigenvalue weighted by atomic mass is 10.1. The van der Waals surface area contributed by atoms with Gasteiger partial charge in [0.1, 0.15) is 6.67 Å². The standard InChI is InChI=1S/C9H6BrF4N/c1-5(9(12,13)14)8-2-6(3-11)7(10)4-15-8/h2,4H,1,3H2. The van der Waals surface area contributed by atoms with Gasteiger partial charge in [-0.2, -0.15) is 13.2 Å². The van der Waals surface area contributed by atoms with E-state index in [-0.39, 0.29) is 11.3 Å². The Morgan fingerprint density at radius 2 is 2.07 bits per heavy atom. The average Bonchev–Trinajstić information content (AvgIpc) is 2.16. The fourth-order valence-electron chi connectivity index (χ4n) is 0.893. The SMILES string of the molecule is C=C(c1cc(CF)c(Br)cn1)C(F)(F)F. The van der Waals surface area contributed by atoms with Gasteiger partial charge in [0.05, 0.1) is 11.3 Å².